The molecule has 0 radical (unpaired) electrons. The summed E-state index contributed by atoms with van der Waals surface area (Å²) in [6.45, 7) is 2.23. The van der Waals surface area contributed by atoms with Crippen molar-refractivity contribution in [2.45, 2.75) is 32.0 Å². The molecule has 0 saturated carbocycles. The van der Waals surface area contributed by atoms with Crippen LogP contribution >= 0.6 is 23.2 Å². The molecule has 1 atom stereocenters. The van der Waals surface area contributed by atoms with Crippen molar-refractivity contribution >= 4 is 46.4 Å². The van der Waals surface area contributed by atoms with E-state index in [0.29, 0.717) is 48.7 Å². The number of aliphatic hydroxyl groups is 2. The van der Waals surface area contributed by atoms with Crippen molar-refractivity contribution in [3.8, 4) is 11.1 Å². The van der Waals surface area contributed by atoms with E-state index in [-0.39, 0.29) is 40.7 Å². The number of nitrogens with zero attached hydrogens (tertiary/aromatic N) is 3. The number of benzene rings is 2. The fraction of sp³-hybridized carbons (Fsp3) is 0.290. The van der Waals surface area contributed by atoms with Crippen LogP contribution < -0.4 is 21.3 Å². The number of aromatic nitrogens is 3. The van der Waals surface area contributed by atoms with Gasteiger partial charge in [-0.05, 0) is 42.7 Å². The first-order chi connectivity index (χ1) is 21.4. The van der Waals surface area contributed by atoms with Gasteiger partial charge in [-0.1, -0.05) is 53.5 Å². The summed E-state index contributed by atoms with van der Waals surface area (Å²) >= 11 is 13.6. The molecule has 0 fully saturated rings. The van der Waals surface area contributed by atoms with Gasteiger partial charge in [0.15, 0.2) is 5.69 Å². The van der Waals surface area contributed by atoms with E-state index in [1.54, 1.807) is 60.8 Å². The molecule has 4 aromatic rings. The lowest BCUT2D eigenvalue weighted by atomic mass is 10.0. The number of aryl methyl sites for hydroxylation is 1. The lowest BCUT2D eigenvalue weighted by Crippen LogP contribution is -2.29. The van der Waals surface area contributed by atoms with Crippen molar-refractivity contribution in [1.82, 2.24) is 25.4 Å². The maximum atomic E-state index is 13.2. The van der Waals surface area contributed by atoms with Crippen LogP contribution in [0.25, 0.3) is 11.1 Å². The third-order valence-corrected chi connectivity index (χ3v) is 8.04. The quantitative estimate of drug-likeness (QED) is 0.126. The van der Waals surface area contributed by atoms with Crippen molar-refractivity contribution in [1.29, 1.82) is 0 Å². The van der Waals surface area contributed by atoms with Crippen LogP contribution in [0.4, 0.5) is 11.4 Å². The summed E-state index contributed by atoms with van der Waals surface area (Å²) in [5.41, 5.74) is 4.17. The standard InChI is InChI=1S/C31H33Cl2N7O4/c32-28-20(4-1-6-23(28)37-30(43)25-10-9-19(18-36-25)17-34-11-14-41)21-5-2-7-24(29(21)33)38-31(44)26-16-27-22(35-12-15-42)8-3-13-40(27)39-26/h1-2,4-7,9-10,16,18,22,34-35,41-42H,3,8,11-15,17H2,(H,37,43)(H,38,44). The van der Waals surface area contributed by atoms with Crippen molar-refractivity contribution in [3.05, 3.63) is 93.5 Å². The molecule has 44 heavy (non-hydrogen) atoms. The van der Waals surface area contributed by atoms with E-state index >= 15 is 0 Å². The molecule has 13 heteroatoms. The Labute approximate surface area is 264 Å². The Hall–Kier alpha value is -3.84. The molecule has 6 N–H and O–H groups in total. The third-order valence-electron chi connectivity index (χ3n) is 7.23. The number of pyridine rings is 1. The van der Waals surface area contributed by atoms with E-state index in [1.807, 2.05) is 4.68 Å². The van der Waals surface area contributed by atoms with E-state index in [0.717, 1.165) is 24.1 Å². The maximum Gasteiger partial charge on any atom is 0.276 e. The number of carbonyl (C=O) groups is 2. The molecule has 230 valence electrons. The molecule has 0 saturated heterocycles. The number of aliphatic hydroxyl groups excluding tert-OH is 2. The molecule has 1 aliphatic heterocycles. The molecule has 3 heterocycles. The smallest absolute Gasteiger partial charge is 0.276 e. The van der Waals surface area contributed by atoms with Crippen molar-refractivity contribution in [2.75, 3.05) is 36.9 Å². The normalized spacial score (nSPS) is 14.2. The number of anilines is 2. The highest BCUT2D eigenvalue weighted by Crippen LogP contribution is 2.40. The summed E-state index contributed by atoms with van der Waals surface area (Å²) in [4.78, 5) is 30.4. The van der Waals surface area contributed by atoms with Crippen molar-refractivity contribution < 1.29 is 19.8 Å². The number of halogens is 2. The molecule has 2 aromatic heterocycles. The Morgan fingerprint density at radius 1 is 0.886 bits per heavy atom. The second-order valence-corrected chi connectivity index (χ2v) is 11.0. The SMILES string of the molecule is O=C(Nc1cccc(-c2cccc(NC(=O)c3cc4n(n3)CCCC4NCCO)c2Cl)c1Cl)c1ccc(CNCCO)cn1. The number of hydrogen-bond acceptors (Lipinski definition) is 8. The molecule has 0 bridgehead atoms. The Morgan fingerprint density at radius 2 is 1.55 bits per heavy atom. The molecular weight excluding hydrogens is 605 g/mol. The summed E-state index contributed by atoms with van der Waals surface area (Å²) in [5, 5.41) is 35.2. The summed E-state index contributed by atoms with van der Waals surface area (Å²) in [6.07, 6.45) is 3.41. The predicted molar refractivity (Wildman–Crippen MR) is 170 cm³/mol. The monoisotopic (exact) mass is 637 g/mol. The molecule has 5 rings (SSSR count). The Morgan fingerprint density at radius 3 is 2.16 bits per heavy atom. The Bertz CT molecular complexity index is 1630. The summed E-state index contributed by atoms with van der Waals surface area (Å²) in [6, 6.07) is 15.6. The van der Waals surface area contributed by atoms with Crippen molar-refractivity contribution in [3.63, 3.8) is 0 Å². The first-order valence-electron chi connectivity index (χ1n) is 14.3. The van der Waals surface area contributed by atoms with Crippen LogP contribution in [0.3, 0.4) is 0 Å². The van der Waals surface area contributed by atoms with Crippen LogP contribution in [0, 0.1) is 0 Å². The molecule has 2 aromatic carbocycles. The van der Waals surface area contributed by atoms with Crippen LogP contribution in [0.5, 0.6) is 0 Å². The minimum atomic E-state index is -0.428. The number of fused-ring (bicyclic) bond motifs is 1. The minimum Gasteiger partial charge on any atom is -0.395 e. The molecule has 1 unspecified atom stereocenters. The van der Waals surface area contributed by atoms with Crippen LogP contribution in [-0.2, 0) is 13.1 Å². The average molecular weight is 639 g/mol. The Balaban J connectivity index is 1.31. The van der Waals surface area contributed by atoms with Gasteiger partial charge >= 0.3 is 0 Å². The highest BCUT2D eigenvalue weighted by Gasteiger charge is 2.25. The number of rotatable bonds is 12. The lowest BCUT2D eigenvalue weighted by molar-refractivity contribution is 0.101. The summed E-state index contributed by atoms with van der Waals surface area (Å²) in [5.74, 6) is -0.829. The van der Waals surface area contributed by atoms with Gasteiger partial charge in [-0.15, -0.1) is 0 Å². The van der Waals surface area contributed by atoms with Gasteiger partial charge in [-0.2, -0.15) is 5.10 Å². The van der Waals surface area contributed by atoms with Gasteiger partial charge in [0, 0.05) is 49.5 Å². The van der Waals surface area contributed by atoms with E-state index < -0.39 is 11.8 Å². The van der Waals surface area contributed by atoms with E-state index in [1.165, 1.54) is 0 Å². The molecule has 2 amide bonds. The van der Waals surface area contributed by atoms with Gasteiger partial charge in [0.25, 0.3) is 11.8 Å². The molecule has 0 aliphatic carbocycles. The van der Waals surface area contributed by atoms with Gasteiger partial charge in [-0.3, -0.25) is 19.3 Å². The second kappa shape index (κ2) is 14.8. The summed E-state index contributed by atoms with van der Waals surface area (Å²) in [7, 11) is 0. The molecular formula is C31H33Cl2N7O4. The molecule has 0 spiro atoms. The third kappa shape index (κ3) is 7.27. The number of nitrogens with one attached hydrogen (secondary N) is 4. The minimum absolute atomic E-state index is 0.0154. The number of amides is 2. The zero-order valence-corrected chi connectivity index (χ0v) is 25.3. The first kappa shape index (κ1) is 31.6. The predicted octanol–water partition coefficient (Wildman–Crippen LogP) is 4.26. The fourth-order valence-corrected chi connectivity index (χ4v) is 5.61. The zero-order chi connectivity index (χ0) is 31.1. The largest absolute Gasteiger partial charge is 0.395 e. The van der Waals surface area contributed by atoms with Gasteiger partial charge in [-0.25, -0.2) is 0 Å². The van der Waals surface area contributed by atoms with Crippen molar-refractivity contribution in [2.24, 2.45) is 0 Å². The highest BCUT2D eigenvalue weighted by molar-refractivity contribution is 6.40. The van der Waals surface area contributed by atoms with E-state index in [2.05, 4.69) is 31.3 Å². The topological polar surface area (TPSA) is 153 Å². The molecule has 11 nitrogen and oxygen atoms in total. The van der Waals surface area contributed by atoms with Crippen LogP contribution in [-0.4, -0.2) is 63.1 Å². The van der Waals surface area contributed by atoms with Gasteiger partial charge in [0.1, 0.15) is 5.69 Å². The van der Waals surface area contributed by atoms with Gasteiger partial charge < -0.3 is 31.5 Å². The average Bonchev–Trinajstić information content (AvgIpc) is 3.48. The van der Waals surface area contributed by atoms with Crippen LogP contribution in [0.2, 0.25) is 10.0 Å². The molecule has 1 aliphatic rings. The number of hydrogen-bond donors (Lipinski definition) is 6. The highest BCUT2D eigenvalue weighted by atomic mass is 35.5. The second-order valence-electron chi connectivity index (χ2n) is 10.2. The van der Waals surface area contributed by atoms with Crippen LogP contribution in [0.1, 0.15) is 51.1 Å². The van der Waals surface area contributed by atoms with E-state index in [9.17, 15) is 14.7 Å². The Kier molecular flexibility index (Phi) is 10.6. The van der Waals surface area contributed by atoms with Crippen LogP contribution in [0.15, 0.2) is 60.8 Å². The maximum absolute atomic E-state index is 13.2. The lowest BCUT2D eigenvalue weighted by Gasteiger charge is -2.24. The van der Waals surface area contributed by atoms with Gasteiger partial charge in [0.2, 0.25) is 0 Å². The summed E-state index contributed by atoms with van der Waals surface area (Å²) < 4.78 is 1.82. The van der Waals surface area contributed by atoms with E-state index in [4.69, 9.17) is 28.3 Å². The fourth-order valence-electron chi connectivity index (χ4n) is 5.06. The number of carbonyl (C=O) groups excluding carboxylic acids is 2. The zero-order valence-electron chi connectivity index (χ0n) is 23.8. The first-order valence-corrected chi connectivity index (χ1v) is 15.0. The van der Waals surface area contributed by atoms with Gasteiger partial charge in [0.05, 0.1) is 40.3 Å².